The van der Waals surface area contributed by atoms with Crippen LogP contribution < -0.4 is 25.7 Å². The standard InChI is InChI=1S/C36H39N5O5/c1-36(2)20-31(46-36)38-25-10-13-40(21-25)28-9-8-26-32-34(28)45-30-19-24-7-4-3-6-23(24)18-29(30)41(32)22-27(33(26)42)35(43)37-11-5-12-39-14-16-44-17-15-39/h3-4,6-9,18-20,22,25,38H,5,10-17,21H2,1-2H3,(H,37,43). The van der Waals surface area contributed by atoms with E-state index in [4.69, 9.17) is 14.2 Å². The van der Waals surface area contributed by atoms with Crippen molar-refractivity contribution >= 4 is 33.3 Å². The second-order valence-corrected chi connectivity index (χ2v) is 13.2. The monoisotopic (exact) mass is 621 g/mol. The number of amides is 1. The third-order valence-electron chi connectivity index (χ3n) is 9.41. The lowest BCUT2D eigenvalue weighted by Crippen LogP contribution is -2.42. The predicted octanol–water partition coefficient (Wildman–Crippen LogP) is 4.52. The van der Waals surface area contributed by atoms with Crippen LogP contribution in [-0.2, 0) is 9.47 Å². The van der Waals surface area contributed by atoms with Gasteiger partial charge in [-0.25, -0.2) is 0 Å². The Morgan fingerprint density at radius 3 is 2.59 bits per heavy atom. The molecule has 1 unspecified atom stereocenters. The van der Waals surface area contributed by atoms with E-state index in [-0.39, 0.29) is 28.5 Å². The number of pyridine rings is 1. The van der Waals surface area contributed by atoms with Crippen LogP contribution in [0, 0.1) is 0 Å². The first-order valence-corrected chi connectivity index (χ1v) is 16.3. The number of carbonyl (C=O) groups is 1. The number of carbonyl (C=O) groups excluding carboxylic acids is 1. The molecule has 0 spiro atoms. The number of hydrogen-bond acceptors (Lipinski definition) is 8. The molecule has 4 aliphatic rings. The van der Waals surface area contributed by atoms with E-state index < -0.39 is 0 Å². The number of anilines is 1. The number of aromatic nitrogens is 1. The molecule has 10 nitrogen and oxygen atoms in total. The zero-order valence-electron chi connectivity index (χ0n) is 26.3. The highest BCUT2D eigenvalue weighted by Gasteiger charge is 2.34. The van der Waals surface area contributed by atoms with Crippen molar-refractivity contribution < 1.29 is 19.0 Å². The fraction of sp³-hybridized carbons (Fsp3) is 0.389. The van der Waals surface area contributed by atoms with Gasteiger partial charge in [0.25, 0.3) is 5.91 Å². The molecule has 2 fully saturated rings. The number of ether oxygens (including phenoxy) is 3. The van der Waals surface area contributed by atoms with Crippen LogP contribution in [0.2, 0.25) is 0 Å². The molecule has 46 heavy (non-hydrogen) atoms. The molecule has 4 aliphatic heterocycles. The molecule has 238 valence electrons. The minimum atomic E-state index is -0.360. The lowest BCUT2D eigenvalue weighted by atomic mass is 10.0. The highest BCUT2D eigenvalue weighted by atomic mass is 16.5. The van der Waals surface area contributed by atoms with Gasteiger partial charge in [0.05, 0.1) is 30.0 Å². The fourth-order valence-electron chi connectivity index (χ4n) is 7.06. The summed E-state index contributed by atoms with van der Waals surface area (Å²) in [5.74, 6) is 1.79. The Morgan fingerprint density at radius 2 is 1.80 bits per heavy atom. The van der Waals surface area contributed by atoms with E-state index in [0.29, 0.717) is 28.9 Å². The van der Waals surface area contributed by atoms with Gasteiger partial charge in [0.2, 0.25) is 5.43 Å². The summed E-state index contributed by atoms with van der Waals surface area (Å²) >= 11 is 0. The number of fused-ring (bicyclic) bond motifs is 3. The second-order valence-electron chi connectivity index (χ2n) is 13.2. The molecule has 4 aromatic rings. The molecule has 1 aromatic heterocycles. The number of nitrogens with one attached hydrogen (secondary N) is 2. The molecule has 0 bridgehead atoms. The summed E-state index contributed by atoms with van der Waals surface area (Å²) in [4.78, 5) is 32.1. The summed E-state index contributed by atoms with van der Waals surface area (Å²) in [5, 5.41) is 9.09. The SMILES string of the molecule is CC1(C)C=C(NC2CCN(c3ccc4c(=O)c(C(=O)NCCCN5CCOCC5)cn5c4c3Oc3cc4ccccc4cc3-5)C2)O1. The van der Waals surface area contributed by atoms with Crippen molar-refractivity contribution in [3.8, 4) is 17.2 Å². The van der Waals surface area contributed by atoms with Gasteiger partial charge in [0.15, 0.2) is 17.4 Å². The molecule has 1 amide bonds. The summed E-state index contributed by atoms with van der Waals surface area (Å²) in [6.45, 7) is 10.3. The van der Waals surface area contributed by atoms with Gasteiger partial charge < -0.3 is 34.3 Å². The van der Waals surface area contributed by atoms with Gasteiger partial charge in [-0.15, -0.1) is 0 Å². The molecular weight excluding hydrogens is 582 g/mol. The predicted molar refractivity (Wildman–Crippen MR) is 178 cm³/mol. The van der Waals surface area contributed by atoms with Crippen LogP contribution in [0.15, 0.2) is 71.5 Å². The van der Waals surface area contributed by atoms with Crippen LogP contribution in [0.1, 0.15) is 37.0 Å². The van der Waals surface area contributed by atoms with Crippen LogP contribution in [0.3, 0.4) is 0 Å². The van der Waals surface area contributed by atoms with Gasteiger partial charge in [0.1, 0.15) is 16.7 Å². The highest BCUT2D eigenvalue weighted by molar-refractivity contribution is 6.02. The maximum absolute atomic E-state index is 13.9. The van der Waals surface area contributed by atoms with Gasteiger partial charge in [-0.3, -0.25) is 14.5 Å². The smallest absolute Gasteiger partial charge is 0.256 e. The molecule has 0 radical (unpaired) electrons. The molecule has 2 N–H and O–H groups in total. The maximum atomic E-state index is 13.9. The topological polar surface area (TPSA) is 97.3 Å². The van der Waals surface area contributed by atoms with Crippen molar-refractivity contribution in [2.24, 2.45) is 0 Å². The molecule has 2 saturated heterocycles. The summed E-state index contributed by atoms with van der Waals surface area (Å²) in [5.41, 5.74) is 2.00. The largest absolute Gasteiger partial charge is 0.469 e. The van der Waals surface area contributed by atoms with Gasteiger partial charge in [0, 0.05) is 51.0 Å². The molecular formula is C36H39N5O5. The fourth-order valence-corrected chi connectivity index (χ4v) is 7.06. The molecule has 10 heteroatoms. The van der Waals surface area contributed by atoms with Crippen molar-refractivity contribution in [3.63, 3.8) is 0 Å². The number of hydrogen-bond donors (Lipinski definition) is 2. The van der Waals surface area contributed by atoms with Gasteiger partial charge >= 0.3 is 0 Å². The van der Waals surface area contributed by atoms with Crippen LogP contribution >= 0.6 is 0 Å². The van der Waals surface area contributed by atoms with Crippen molar-refractivity contribution in [2.45, 2.75) is 38.3 Å². The lowest BCUT2D eigenvalue weighted by molar-refractivity contribution is 0.0107. The third kappa shape index (κ3) is 5.25. The molecule has 0 aliphatic carbocycles. The molecule has 0 saturated carbocycles. The second kappa shape index (κ2) is 11.4. The first-order valence-electron chi connectivity index (χ1n) is 16.3. The average molecular weight is 622 g/mol. The number of benzene rings is 3. The quantitative estimate of drug-likeness (QED) is 0.244. The van der Waals surface area contributed by atoms with E-state index in [0.717, 1.165) is 86.8 Å². The minimum Gasteiger partial charge on any atom is -0.469 e. The van der Waals surface area contributed by atoms with Gasteiger partial charge in [-0.05, 0) is 68.3 Å². The van der Waals surface area contributed by atoms with Gasteiger partial charge in [-0.1, -0.05) is 24.3 Å². The molecule has 1 atom stereocenters. The number of rotatable bonds is 8. The van der Waals surface area contributed by atoms with Crippen LogP contribution in [0.25, 0.3) is 27.4 Å². The average Bonchev–Trinajstić information content (AvgIpc) is 3.51. The zero-order valence-corrected chi connectivity index (χ0v) is 26.3. The Balaban J connectivity index is 1.14. The van der Waals surface area contributed by atoms with E-state index in [1.807, 2.05) is 48.7 Å². The van der Waals surface area contributed by atoms with Gasteiger partial charge in [-0.2, -0.15) is 0 Å². The maximum Gasteiger partial charge on any atom is 0.256 e. The molecule has 5 heterocycles. The summed E-state index contributed by atoms with van der Waals surface area (Å²) in [6, 6.07) is 16.3. The molecule has 8 rings (SSSR count). The van der Waals surface area contributed by atoms with Crippen LogP contribution in [-0.4, -0.2) is 79.5 Å². The van der Waals surface area contributed by atoms with Crippen molar-refractivity contribution in [1.29, 1.82) is 0 Å². The van der Waals surface area contributed by atoms with E-state index in [1.54, 1.807) is 6.20 Å². The summed E-state index contributed by atoms with van der Waals surface area (Å²) < 4.78 is 20.0. The first-order chi connectivity index (χ1) is 22.3. The van der Waals surface area contributed by atoms with Crippen molar-refractivity contribution in [3.05, 3.63) is 82.5 Å². The van der Waals surface area contributed by atoms with E-state index >= 15 is 0 Å². The number of morpholine rings is 1. The molecule has 3 aromatic carbocycles. The Kier molecular flexibility index (Phi) is 7.14. The third-order valence-corrected chi connectivity index (χ3v) is 9.41. The Labute approximate surface area is 267 Å². The highest BCUT2D eigenvalue weighted by Crippen LogP contribution is 2.47. The lowest BCUT2D eigenvalue weighted by Gasteiger charge is -2.35. The summed E-state index contributed by atoms with van der Waals surface area (Å²) in [6.07, 6.45) is 5.55. The van der Waals surface area contributed by atoms with Crippen molar-refractivity contribution in [2.75, 3.05) is 57.4 Å². The Morgan fingerprint density at radius 1 is 1.02 bits per heavy atom. The Bertz CT molecular complexity index is 1940. The van der Waals surface area contributed by atoms with Crippen LogP contribution in [0.4, 0.5) is 5.69 Å². The van der Waals surface area contributed by atoms with Crippen molar-refractivity contribution in [1.82, 2.24) is 20.1 Å². The number of nitrogens with zero attached hydrogens (tertiary/aromatic N) is 3. The minimum absolute atomic E-state index is 0.126. The van der Waals surface area contributed by atoms with E-state index in [1.165, 1.54) is 0 Å². The first kappa shape index (κ1) is 28.9. The van der Waals surface area contributed by atoms with E-state index in [9.17, 15) is 9.59 Å². The normalized spacial score (nSPS) is 20.0. The summed E-state index contributed by atoms with van der Waals surface area (Å²) in [7, 11) is 0. The zero-order chi connectivity index (χ0) is 31.4. The van der Waals surface area contributed by atoms with Crippen LogP contribution in [0.5, 0.6) is 11.5 Å². The van der Waals surface area contributed by atoms with E-state index in [2.05, 4.69) is 44.7 Å². The Hall–Kier alpha value is -4.54.